The van der Waals surface area contributed by atoms with Crippen LogP contribution < -0.4 is 4.74 Å². The minimum absolute atomic E-state index is 0.0969. The molecule has 4 heteroatoms. The van der Waals surface area contributed by atoms with Crippen molar-refractivity contribution >= 4 is 0 Å². The van der Waals surface area contributed by atoms with Crippen molar-refractivity contribution < 1.29 is 19.3 Å². The van der Waals surface area contributed by atoms with Crippen LogP contribution in [0.15, 0.2) is 12.1 Å². The molecule has 0 saturated heterocycles. The van der Waals surface area contributed by atoms with Crippen LogP contribution in [0, 0.1) is 5.82 Å². The van der Waals surface area contributed by atoms with E-state index in [0.717, 1.165) is 6.07 Å². The molecule has 0 bridgehead atoms. The minimum Gasteiger partial charge on any atom is -0.504 e. The normalized spacial score (nSPS) is 9.64. The van der Waals surface area contributed by atoms with Crippen LogP contribution in [-0.4, -0.2) is 17.3 Å². The van der Waals surface area contributed by atoms with Gasteiger partial charge in [-0.05, 0) is 12.1 Å². The highest BCUT2D eigenvalue weighted by atomic mass is 19.1. The Morgan fingerprint density at radius 3 is 2.55 bits per heavy atom. The third-order valence-corrected chi connectivity index (χ3v) is 1.28. The topological polar surface area (TPSA) is 49.7 Å². The standard InChI is InChI=1S/C7H7FO3/c1-11-5-3-2-4(9)7(10)6(5)8/h2-3,9-10H,1H3. The Morgan fingerprint density at radius 2 is 2.00 bits per heavy atom. The molecule has 0 unspecified atom stereocenters. The molecule has 60 valence electrons. The van der Waals surface area contributed by atoms with E-state index in [1.807, 2.05) is 0 Å². The lowest BCUT2D eigenvalue weighted by molar-refractivity contribution is 0.345. The number of methoxy groups -OCH3 is 1. The molecule has 0 heterocycles. The minimum atomic E-state index is -0.951. The molecule has 1 aromatic carbocycles. The lowest BCUT2D eigenvalue weighted by Gasteiger charge is -2.03. The van der Waals surface area contributed by atoms with Gasteiger partial charge in [0.15, 0.2) is 17.2 Å². The first-order valence-corrected chi connectivity index (χ1v) is 2.91. The van der Waals surface area contributed by atoms with Gasteiger partial charge in [-0.1, -0.05) is 0 Å². The summed E-state index contributed by atoms with van der Waals surface area (Å²) in [6, 6.07) is 2.38. The summed E-state index contributed by atoms with van der Waals surface area (Å²) in [6.07, 6.45) is 0. The summed E-state index contributed by atoms with van der Waals surface area (Å²) in [7, 11) is 1.27. The van der Waals surface area contributed by atoms with Crippen LogP contribution in [0.2, 0.25) is 0 Å². The highest BCUT2D eigenvalue weighted by molar-refractivity contribution is 5.45. The van der Waals surface area contributed by atoms with Gasteiger partial charge in [-0.25, -0.2) is 0 Å². The van der Waals surface area contributed by atoms with Gasteiger partial charge in [0.1, 0.15) is 0 Å². The molecule has 2 N–H and O–H groups in total. The lowest BCUT2D eigenvalue weighted by Crippen LogP contribution is -1.87. The second-order valence-corrected chi connectivity index (χ2v) is 1.95. The van der Waals surface area contributed by atoms with Crippen molar-refractivity contribution in [3.8, 4) is 17.2 Å². The molecule has 1 rings (SSSR count). The average molecular weight is 158 g/mol. The molecule has 0 aliphatic rings. The number of ether oxygens (including phenoxy) is 1. The largest absolute Gasteiger partial charge is 0.504 e. The molecule has 3 nitrogen and oxygen atoms in total. The lowest BCUT2D eigenvalue weighted by atomic mass is 10.3. The Bertz CT molecular complexity index is 273. The summed E-state index contributed by atoms with van der Waals surface area (Å²) in [4.78, 5) is 0. The summed E-state index contributed by atoms with van der Waals surface area (Å²) in [5.41, 5.74) is 0. The number of benzene rings is 1. The van der Waals surface area contributed by atoms with Gasteiger partial charge in [0.05, 0.1) is 7.11 Å². The number of phenolic OH excluding ortho intramolecular Hbond substituents is 2. The number of hydrogen-bond donors (Lipinski definition) is 2. The van der Waals surface area contributed by atoms with Crippen LogP contribution >= 0.6 is 0 Å². The fraction of sp³-hybridized carbons (Fsp3) is 0.143. The molecule has 0 aliphatic carbocycles. The van der Waals surface area contributed by atoms with Crippen LogP contribution in [0.4, 0.5) is 4.39 Å². The molecule has 0 amide bonds. The monoisotopic (exact) mass is 158 g/mol. The van der Waals surface area contributed by atoms with Crippen LogP contribution in [0.5, 0.6) is 17.2 Å². The van der Waals surface area contributed by atoms with Gasteiger partial charge >= 0.3 is 0 Å². The molecule has 0 saturated carbocycles. The smallest absolute Gasteiger partial charge is 0.210 e. The zero-order valence-corrected chi connectivity index (χ0v) is 5.84. The summed E-state index contributed by atoms with van der Waals surface area (Å²) >= 11 is 0. The maximum Gasteiger partial charge on any atom is 0.210 e. The Labute approximate surface area is 62.7 Å². The van der Waals surface area contributed by atoms with E-state index in [1.165, 1.54) is 13.2 Å². The molecule has 0 spiro atoms. The predicted octanol–water partition coefficient (Wildman–Crippen LogP) is 1.25. The van der Waals surface area contributed by atoms with Gasteiger partial charge in [-0.3, -0.25) is 0 Å². The van der Waals surface area contributed by atoms with Gasteiger partial charge < -0.3 is 14.9 Å². The summed E-state index contributed by atoms with van der Waals surface area (Å²) in [5, 5.41) is 17.6. The number of rotatable bonds is 1. The number of phenols is 2. The molecule has 1 aromatic rings. The molecule has 0 atom stereocenters. The van der Waals surface area contributed by atoms with Crippen molar-refractivity contribution in [3.63, 3.8) is 0 Å². The van der Waals surface area contributed by atoms with Gasteiger partial charge in [0.2, 0.25) is 5.82 Å². The van der Waals surface area contributed by atoms with Crippen molar-refractivity contribution in [2.45, 2.75) is 0 Å². The molecular weight excluding hydrogens is 151 g/mol. The third kappa shape index (κ3) is 1.19. The van der Waals surface area contributed by atoms with Crippen LogP contribution in [0.1, 0.15) is 0 Å². The quantitative estimate of drug-likeness (QED) is 0.604. The van der Waals surface area contributed by atoms with Crippen molar-refractivity contribution in [2.75, 3.05) is 7.11 Å². The highest BCUT2D eigenvalue weighted by Crippen LogP contribution is 2.33. The molecule has 0 aliphatic heterocycles. The van der Waals surface area contributed by atoms with Gasteiger partial charge in [-0.2, -0.15) is 4.39 Å². The SMILES string of the molecule is COc1ccc(O)c(O)c1F. The predicted molar refractivity (Wildman–Crippen MR) is 36.3 cm³/mol. The van der Waals surface area contributed by atoms with E-state index in [1.54, 1.807) is 0 Å². The molecule has 11 heavy (non-hydrogen) atoms. The molecule has 0 aromatic heterocycles. The van der Waals surface area contributed by atoms with Gasteiger partial charge in [0, 0.05) is 0 Å². The van der Waals surface area contributed by atoms with E-state index in [0.29, 0.717) is 0 Å². The first kappa shape index (κ1) is 7.65. The fourth-order valence-corrected chi connectivity index (χ4v) is 0.694. The van der Waals surface area contributed by atoms with Crippen LogP contribution in [-0.2, 0) is 0 Å². The van der Waals surface area contributed by atoms with Gasteiger partial charge in [-0.15, -0.1) is 0 Å². The maximum absolute atomic E-state index is 12.7. The second kappa shape index (κ2) is 2.65. The fourth-order valence-electron chi connectivity index (χ4n) is 0.694. The van der Waals surface area contributed by atoms with E-state index in [2.05, 4.69) is 4.74 Å². The first-order valence-electron chi connectivity index (χ1n) is 2.91. The summed E-state index contributed by atoms with van der Waals surface area (Å²) in [5.74, 6) is -2.33. The molecule has 0 radical (unpaired) electrons. The van der Waals surface area contributed by atoms with E-state index in [9.17, 15) is 4.39 Å². The highest BCUT2D eigenvalue weighted by Gasteiger charge is 2.11. The second-order valence-electron chi connectivity index (χ2n) is 1.95. The Hall–Kier alpha value is -1.45. The zero-order valence-electron chi connectivity index (χ0n) is 5.84. The zero-order chi connectivity index (χ0) is 8.43. The Morgan fingerprint density at radius 1 is 1.36 bits per heavy atom. The van der Waals surface area contributed by atoms with Crippen molar-refractivity contribution in [3.05, 3.63) is 17.9 Å². The summed E-state index contributed by atoms with van der Waals surface area (Å²) in [6.45, 7) is 0. The molecular formula is C7H7FO3. The molecule has 0 fully saturated rings. The number of hydrogen-bond acceptors (Lipinski definition) is 3. The van der Waals surface area contributed by atoms with Crippen molar-refractivity contribution in [1.82, 2.24) is 0 Å². The van der Waals surface area contributed by atoms with Crippen LogP contribution in [0.3, 0.4) is 0 Å². The third-order valence-electron chi connectivity index (χ3n) is 1.28. The Balaban J connectivity index is 3.25. The van der Waals surface area contributed by atoms with Crippen molar-refractivity contribution in [1.29, 1.82) is 0 Å². The summed E-state index contributed by atoms with van der Waals surface area (Å²) < 4.78 is 17.3. The maximum atomic E-state index is 12.7. The van der Waals surface area contributed by atoms with Gasteiger partial charge in [0.25, 0.3) is 0 Å². The number of halogens is 1. The van der Waals surface area contributed by atoms with Crippen molar-refractivity contribution in [2.24, 2.45) is 0 Å². The van der Waals surface area contributed by atoms with E-state index < -0.39 is 17.3 Å². The Kier molecular flexibility index (Phi) is 1.85. The average Bonchev–Trinajstić information content (AvgIpc) is 2.01. The first-order chi connectivity index (χ1) is 5.16. The van der Waals surface area contributed by atoms with E-state index in [-0.39, 0.29) is 5.75 Å². The van der Waals surface area contributed by atoms with Crippen LogP contribution in [0.25, 0.3) is 0 Å². The van der Waals surface area contributed by atoms with E-state index in [4.69, 9.17) is 10.2 Å². The van der Waals surface area contributed by atoms with E-state index >= 15 is 0 Å². The number of aromatic hydroxyl groups is 2.